The number of nitrogens with zero attached hydrogens (tertiary/aromatic N) is 2. The molecule has 176 valence electrons. The van der Waals surface area contributed by atoms with Crippen LogP contribution in [0.3, 0.4) is 0 Å². The highest BCUT2D eigenvalue weighted by molar-refractivity contribution is 7.98. The van der Waals surface area contributed by atoms with Crippen molar-refractivity contribution in [2.75, 3.05) is 38.3 Å². The fraction of sp³-hybridized carbons (Fsp3) is 0.444. The Morgan fingerprint density at radius 3 is 1.82 bits per heavy atom. The van der Waals surface area contributed by atoms with Crippen LogP contribution in [0.5, 0.6) is 0 Å². The van der Waals surface area contributed by atoms with Crippen LogP contribution in [0, 0.1) is 11.8 Å². The number of benzene rings is 2. The van der Waals surface area contributed by atoms with Gasteiger partial charge in [-0.2, -0.15) is 11.8 Å². The standard InChI is InChI=1S/C27H28N2O4S/c1-34-15-10-20(25(30)28-11-13-33-14-12-28)29-26(31)23-21-16-6-2-3-7-17(16)22(24(23)27(29)32)19-9-5-4-8-18(19)21/h2-9,20-24H,10-15H2,1H3/t20-,21?,22?,23-,24+/m0/s1. The van der Waals surface area contributed by atoms with Crippen molar-refractivity contribution in [2.45, 2.75) is 24.3 Å². The molecule has 0 spiro atoms. The van der Waals surface area contributed by atoms with Gasteiger partial charge in [-0.15, -0.1) is 0 Å². The fourth-order valence-electron chi connectivity index (χ4n) is 6.59. The van der Waals surface area contributed by atoms with E-state index in [1.807, 2.05) is 30.5 Å². The van der Waals surface area contributed by atoms with Crippen molar-refractivity contribution in [1.82, 2.24) is 9.80 Å². The van der Waals surface area contributed by atoms with Crippen LogP contribution in [0.2, 0.25) is 0 Å². The first kappa shape index (κ1) is 21.9. The third kappa shape index (κ3) is 3.09. The lowest BCUT2D eigenvalue weighted by atomic mass is 9.55. The summed E-state index contributed by atoms with van der Waals surface area (Å²) in [6.07, 6.45) is 2.46. The minimum absolute atomic E-state index is 0.125. The normalized spacial score (nSPS) is 27.9. The van der Waals surface area contributed by atoms with Crippen LogP contribution in [-0.4, -0.2) is 71.9 Å². The Bertz CT molecular complexity index is 1050. The highest BCUT2D eigenvalue weighted by atomic mass is 32.2. The Labute approximate surface area is 203 Å². The van der Waals surface area contributed by atoms with E-state index < -0.39 is 17.9 Å². The summed E-state index contributed by atoms with van der Waals surface area (Å²) in [7, 11) is 0. The summed E-state index contributed by atoms with van der Waals surface area (Å²) >= 11 is 1.63. The number of hydrogen-bond donors (Lipinski definition) is 0. The molecular formula is C27H28N2O4S. The van der Waals surface area contributed by atoms with Gasteiger partial charge in [-0.1, -0.05) is 48.5 Å². The van der Waals surface area contributed by atoms with Gasteiger partial charge in [-0.25, -0.2) is 0 Å². The number of ether oxygens (including phenoxy) is 1. The van der Waals surface area contributed by atoms with Crippen molar-refractivity contribution in [1.29, 1.82) is 0 Å². The maximum Gasteiger partial charge on any atom is 0.246 e. The third-order valence-corrected chi connectivity index (χ3v) is 8.64. The molecule has 7 rings (SSSR count). The molecule has 34 heavy (non-hydrogen) atoms. The maximum atomic E-state index is 14.1. The van der Waals surface area contributed by atoms with Gasteiger partial charge in [0.1, 0.15) is 6.04 Å². The second kappa shape index (κ2) is 8.54. The van der Waals surface area contributed by atoms with Crippen molar-refractivity contribution in [3.05, 3.63) is 70.8 Å². The van der Waals surface area contributed by atoms with E-state index in [1.165, 1.54) is 4.90 Å². The Balaban J connectivity index is 1.42. The van der Waals surface area contributed by atoms with E-state index in [2.05, 4.69) is 24.3 Å². The molecule has 7 heteroatoms. The molecule has 2 fully saturated rings. The van der Waals surface area contributed by atoms with E-state index in [1.54, 1.807) is 16.7 Å². The molecule has 0 N–H and O–H groups in total. The van der Waals surface area contributed by atoms with Gasteiger partial charge in [-0.05, 0) is 40.7 Å². The number of imide groups is 1. The van der Waals surface area contributed by atoms with Crippen LogP contribution in [0.15, 0.2) is 48.5 Å². The molecule has 6 nitrogen and oxygen atoms in total. The monoisotopic (exact) mass is 476 g/mol. The summed E-state index contributed by atoms with van der Waals surface area (Å²) in [5.41, 5.74) is 4.59. The number of amides is 3. The van der Waals surface area contributed by atoms with E-state index in [0.717, 1.165) is 22.3 Å². The van der Waals surface area contributed by atoms with E-state index in [0.29, 0.717) is 38.5 Å². The Hall–Kier alpha value is -2.64. The number of rotatable bonds is 5. The minimum Gasteiger partial charge on any atom is -0.378 e. The Morgan fingerprint density at radius 1 is 0.912 bits per heavy atom. The van der Waals surface area contributed by atoms with E-state index in [4.69, 9.17) is 4.74 Å². The Morgan fingerprint density at radius 2 is 1.38 bits per heavy atom. The second-order valence-electron chi connectivity index (χ2n) is 9.55. The average Bonchev–Trinajstić information content (AvgIpc) is 3.15. The van der Waals surface area contributed by atoms with E-state index in [-0.39, 0.29) is 29.6 Å². The minimum atomic E-state index is -0.748. The topological polar surface area (TPSA) is 66.9 Å². The smallest absolute Gasteiger partial charge is 0.246 e. The highest BCUT2D eigenvalue weighted by Crippen LogP contribution is 2.61. The maximum absolute atomic E-state index is 14.1. The number of carbonyl (C=O) groups excluding carboxylic acids is 3. The van der Waals surface area contributed by atoms with Crippen LogP contribution in [0.25, 0.3) is 0 Å². The van der Waals surface area contributed by atoms with Crippen molar-refractivity contribution >= 4 is 29.5 Å². The molecule has 2 heterocycles. The molecule has 3 atom stereocenters. The van der Waals surface area contributed by atoms with E-state index in [9.17, 15) is 14.4 Å². The van der Waals surface area contributed by atoms with Crippen LogP contribution in [0.1, 0.15) is 40.5 Å². The summed E-state index contributed by atoms with van der Waals surface area (Å²) in [6, 6.07) is 15.7. The zero-order valence-electron chi connectivity index (χ0n) is 19.2. The lowest BCUT2D eigenvalue weighted by molar-refractivity contribution is -0.153. The molecule has 2 saturated heterocycles. The van der Waals surface area contributed by atoms with Crippen molar-refractivity contribution in [3.8, 4) is 0 Å². The molecule has 5 aliphatic rings. The molecule has 2 aromatic rings. The number of thioether (sulfide) groups is 1. The fourth-order valence-corrected chi connectivity index (χ4v) is 7.05. The van der Waals surface area contributed by atoms with Crippen LogP contribution < -0.4 is 0 Å². The number of carbonyl (C=O) groups is 3. The first-order valence-corrected chi connectivity index (χ1v) is 13.4. The predicted octanol–water partition coefficient (Wildman–Crippen LogP) is 2.86. The average molecular weight is 477 g/mol. The van der Waals surface area contributed by atoms with Crippen molar-refractivity contribution in [3.63, 3.8) is 0 Å². The van der Waals surface area contributed by atoms with Gasteiger partial charge in [-0.3, -0.25) is 19.3 Å². The zero-order valence-corrected chi connectivity index (χ0v) is 20.0. The van der Waals surface area contributed by atoms with Crippen LogP contribution in [-0.2, 0) is 19.1 Å². The summed E-state index contributed by atoms with van der Waals surface area (Å²) in [4.78, 5) is 44.8. The predicted molar refractivity (Wildman–Crippen MR) is 130 cm³/mol. The first-order chi connectivity index (χ1) is 16.6. The van der Waals surface area contributed by atoms with Gasteiger partial charge in [0.15, 0.2) is 0 Å². The molecule has 3 aliphatic carbocycles. The molecule has 0 aromatic heterocycles. The van der Waals surface area contributed by atoms with Crippen LogP contribution in [0.4, 0.5) is 0 Å². The first-order valence-electron chi connectivity index (χ1n) is 12.0. The van der Waals surface area contributed by atoms with E-state index >= 15 is 0 Å². The van der Waals surface area contributed by atoms with Crippen LogP contribution >= 0.6 is 11.8 Å². The lowest BCUT2D eigenvalue weighted by Crippen LogP contribution is -2.54. The van der Waals surface area contributed by atoms with Gasteiger partial charge in [0.25, 0.3) is 0 Å². The SMILES string of the molecule is CSCC[C@@H](C(=O)N1CCOCC1)N1C(=O)[C@@H]2C3c4ccccc4C(c4ccccc43)[C@@H]2C1=O. The van der Waals surface area contributed by atoms with Gasteiger partial charge < -0.3 is 9.64 Å². The molecular weight excluding hydrogens is 448 g/mol. The van der Waals surface area contributed by atoms with Gasteiger partial charge >= 0.3 is 0 Å². The second-order valence-corrected chi connectivity index (χ2v) is 10.5. The molecule has 2 aliphatic heterocycles. The highest BCUT2D eigenvalue weighted by Gasteiger charge is 2.63. The molecule has 2 bridgehead atoms. The van der Waals surface area contributed by atoms with Gasteiger partial charge in [0.05, 0.1) is 25.0 Å². The van der Waals surface area contributed by atoms with Crippen molar-refractivity contribution < 1.29 is 19.1 Å². The lowest BCUT2D eigenvalue weighted by Gasteiger charge is -2.45. The quantitative estimate of drug-likeness (QED) is 0.621. The molecule has 2 aromatic carbocycles. The summed E-state index contributed by atoms with van der Waals surface area (Å²) in [6.45, 7) is 1.98. The molecule has 0 saturated carbocycles. The third-order valence-electron chi connectivity index (χ3n) is 8.00. The van der Waals surface area contributed by atoms with Crippen molar-refractivity contribution in [2.24, 2.45) is 11.8 Å². The van der Waals surface area contributed by atoms with Gasteiger partial charge in [0.2, 0.25) is 17.7 Å². The summed E-state index contributed by atoms with van der Waals surface area (Å²) < 4.78 is 5.42. The number of likely N-dealkylation sites (tertiary alicyclic amines) is 1. The van der Waals surface area contributed by atoms with Gasteiger partial charge in [0, 0.05) is 24.9 Å². The number of morpholine rings is 1. The molecule has 0 radical (unpaired) electrons. The Kier molecular flexibility index (Phi) is 5.49. The number of hydrogen-bond acceptors (Lipinski definition) is 5. The zero-order chi connectivity index (χ0) is 23.4. The largest absolute Gasteiger partial charge is 0.378 e. The summed E-state index contributed by atoms with van der Waals surface area (Å²) in [5.74, 6) is -0.968. The molecule has 3 amide bonds. The molecule has 0 unspecified atom stereocenters. The summed E-state index contributed by atoms with van der Waals surface area (Å²) in [5, 5.41) is 0.